The molecule has 1 aromatic carbocycles. The molecule has 166 valence electrons. The summed E-state index contributed by atoms with van der Waals surface area (Å²) in [4.78, 5) is 34.5. The average Bonchev–Trinajstić information content (AvgIpc) is 3.38. The Hall–Kier alpha value is -2.97. The summed E-state index contributed by atoms with van der Waals surface area (Å²) in [5.74, 6) is 0.242. The zero-order valence-electron chi connectivity index (χ0n) is 17.5. The number of hydrogen-bond donors (Lipinski definition) is 1. The predicted octanol–water partition coefficient (Wildman–Crippen LogP) is 3.16. The molecule has 0 unspecified atom stereocenters. The molecule has 0 aliphatic carbocycles. The van der Waals surface area contributed by atoms with Crippen molar-refractivity contribution in [2.45, 2.75) is 38.3 Å². The smallest absolute Gasteiger partial charge is 0.240 e. The monoisotopic (exact) mass is 453 g/mol. The van der Waals surface area contributed by atoms with Crippen molar-refractivity contribution >= 4 is 40.3 Å². The predicted molar refractivity (Wildman–Crippen MR) is 121 cm³/mol. The summed E-state index contributed by atoms with van der Waals surface area (Å²) >= 11 is 6.50. The van der Waals surface area contributed by atoms with Crippen molar-refractivity contribution in [2.24, 2.45) is 11.7 Å². The molecular formula is C23H24ClN5O3. The zero-order valence-corrected chi connectivity index (χ0v) is 18.3. The molecule has 2 saturated heterocycles. The lowest BCUT2D eigenvalue weighted by Crippen LogP contribution is -2.42. The van der Waals surface area contributed by atoms with E-state index in [4.69, 9.17) is 22.1 Å². The van der Waals surface area contributed by atoms with Crippen LogP contribution in [0.2, 0.25) is 5.02 Å². The standard InChI is InChI=1S/C23H24ClN5O3/c24-17-11-26-21(29-19(23(25)31)3-4-22(29)30)10-16(17)15-1-2-18-20(9-15)28(13-27-18)12-14-5-7-32-8-6-14/h1-2,9-11,13-14,19H,3-8,12H2,(H2,25,31)/t19-/m1/s1. The Morgan fingerprint density at radius 1 is 1.19 bits per heavy atom. The van der Waals surface area contributed by atoms with Crippen LogP contribution in [0.5, 0.6) is 0 Å². The molecule has 2 aromatic heterocycles. The van der Waals surface area contributed by atoms with Crippen molar-refractivity contribution in [1.82, 2.24) is 14.5 Å². The van der Waals surface area contributed by atoms with Gasteiger partial charge in [0.05, 0.1) is 22.4 Å². The van der Waals surface area contributed by atoms with E-state index in [0.717, 1.165) is 54.8 Å². The topological polar surface area (TPSA) is 103 Å². The van der Waals surface area contributed by atoms with Crippen molar-refractivity contribution in [3.8, 4) is 11.1 Å². The molecule has 2 aliphatic rings. The highest BCUT2D eigenvalue weighted by Gasteiger charge is 2.36. The maximum atomic E-state index is 12.4. The number of nitrogens with two attached hydrogens (primary N) is 1. The lowest BCUT2D eigenvalue weighted by atomic mass is 10.00. The number of rotatable bonds is 5. The number of carbonyl (C=O) groups is 2. The minimum Gasteiger partial charge on any atom is -0.381 e. The fraction of sp³-hybridized carbons (Fsp3) is 0.391. The van der Waals surface area contributed by atoms with E-state index >= 15 is 0 Å². The fourth-order valence-electron chi connectivity index (χ4n) is 4.60. The normalized spacial score (nSPS) is 19.7. The van der Waals surface area contributed by atoms with E-state index in [-0.39, 0.29) is 12.3 Å². The molecule has 2 N–H and O–H groups in total. The molecule has 1 atom stereocenters. The number of fused-ring (bicyclic) bond motifs is 1. The number of anilines is 1. The maximum absolute atomic E-state index is 12.4. The number of halogens is 1. The zero-order chi connectivity index (χ0) is 22.2. The molecule has 9 heteroatoms. The van der Waals surface area contributed by atoms with E-state index in [1.807, 2.05) is 18.5 Å². The summed E-state index contributed by atoms with van der Waals surface area (Å²) in [6, 6.07) is 7.05. The molecule has 8 nitrogen and oxygen atoms in total. The maximum Gasteiger partial charge on any atom is 0.240 e. The van der Waals surface area contributed by atoms with Crippen molar-refractivity contribution < 1.29 is 14.3 Å². The van der Waals surface area contributed by atoms with Crippen LogP contribution in [0.15, 0.2) is 36.8 Å². The fourth-order valence-corrected chi connectivity index (χ4v) is 4.81. The molecule has 2 fully saturated rings. The molecular weight excluding hydrogens is 430 g/mol. The summed E-state index contributed by atoms with van der Waals surface area (Å²) in [5, 5.41) is 0.464. The Morgan fingerprint density at radius 3 is 2.78 bits per heavy atom. The van der Waals surface area contributed by atoms with Crippen molar-refractivity contribution in [3.05, 3.63) is 41.8 Å². The average molecular weight is 454 g/mol. The minimum absolute atomic E-state index is 0.167. The van der Waals surface area contributed by atoms with Crippen LogP contribution in [0.25, 0.3) is 22.2 Å². The van der Waals surface area contributed by atoms with Gasteiger partial charge in [-0.1, -0.05) is 17.7 Å². The van der Waals surface area contributed by atoms with Gasteiger partial charge in [0, 0.05) is 37.9 Å². The summed E-state index contributed by atoms with van der Waals surface area (Å²) in [6.45, 7) is 2.50. The third kappa shape index (κ3) is 3.84. The number of aromatic nitrogens is 3. The van der Waals surface area contributed by atoms with Crippen LogP contribution in [0.4, 0.5) is 5.82 Å². The second-order valence-electron chi connectivity index (χ2n) is 8.40. The van der Waals surface area contributed by atoms with E-state index in [1.165, 1.54) is 11.1 Å². The summed E-state index contributed by atoms with van der Waals surface area (Å²) in [6.07, 6.45) is 6.15. The highest BCUT2D eigenvalue weighted by atomic mass is 35.5. The molecule has 5 rings (SSSR count). The number of ether oxygens (including phenoxy) is 1. The van der Waals surface area contributed by atoms with Gasteiger partial charge >= 0.3 is 0 Å². The molecule has 0 bridgehead atoms. The van der Waals surface area contributed by atoms with Crippen LogP contribution >= 0.6 is 11.6 Å². The van der Waals surface area contributed by atoms with Gasteiger partial charge in [-0.2, -0.15) is 0 Å². The van der Waals surface area contributed by atoms with Gasteiger partial charge in [-0.05, 0) is 48.9 Å². The van der Waals surface area contributed by atoms with E-state index in [0.29, 0.717) is 23.2 Å². The summed E-state index contributed by atoms with van der Waals surface area (Å²) in [5.41, 5.74) is 9.07. The second-order valence-corrected chi connectivity index (χ2v) is 8.81. The molecule has 3 aromatic rings. The van der Waals surface area contributed by atoms with Crippen LogP contribution in [-0.2, 0) is 20.9 Å². The molecule has 2 aliphatic heterocycles. The van der Waals surface area contributed by atoms with E-state index in [2.05, 4.69) is 20.6 Å². The van der Waals surface area contributed by atoms with Gasteiger partial charge in [0.25, 0.3) is 0 Å². The second kappa shape index (κ2) is 8.52. The van der Waals surface area contributed by atoms with Crippen molar-refractivity contribution in [2.75, 3.05) is 18.1 Å². The van der Waals surface area contributed by atoms with Gasteiger partial charge in [0.2, 0.25) is 11.8 Å². The van der Waals surface area contributed by atoms with Crippen LogP contribution in [0.3, 0.4) is 0 Å². The molecule has 0 saturated carbocycles. The highest BCUT2D eigenvalue weighted by molar-refractivity contribution is 6.33. The van der Waals surface area contributed by atoms with Gasteiger partial charge in [0.15, 0.2) is 0 Å². The quantitative estimate of drug-likeness (QED) is 0.639. The molecule has 32 heavy (non-hydrogen) atoms. The lowest BCUT2D eigenvalue weighted by molar-refractivity contribution is -0.121. The van der Waals surface area contributed by atoms with Crippen molar-refractivity contribution in [1.29, 1.82) is 0 Å². The lowest BCUT2D eigenvalue weighted by Gasteiger charge is -2.23. The number of imidazole rings is 1. The number of hydrogen-bond acceptors (Lipinski definition) is 5. The number of amides is 2. The molecule has 0 spiro atoms. The van der Waals surface area contributed by atoms with Crippen molar-refractivity contribution in [3.63, 3.8) is 0 Å². The summed E-state index contributed by atoms with van der Waals surface area (Å²) in [7, 11) is 0. The van der Waals surface area contributed by atoms with Crippen LogP contribution in [-0.4, -0.2) is 45.6 Å². The van der Waals surface area contributed by atoms with E-state index in [9.17, 15) is 9.59 Å². The first kappa shape index (κ1) is 20.9. The largest absolute Gasteiger partial charge is 0.381 e. The number of primary amides is 1. The number of carbonyl (C=O) groups excluding carboxylic acids is 2. The Bertz CT molecular complexity index is 1190. The van der Waals surface area contributed by atoms with E-state index in [1.54, 1.807) is 6.07 Å². The third-order valence-corrected chi connectivity index (χ3v) is 6.66. The highest BCUT2D eigenvalue weighted by Crippen LogP contribution is 2.34. The van der Waals surface area contributed by atoms with Gasteiger partial charge in [-0.15, -0.1) is 0 Å². The third-order valence-electron chi connectivity index (χ3n) is 6.36. The Morgan fingerprint density at radius 2 is 2.00 bits per heavy atom. The Labute approximate surface area is 190 Å². The first-order valence-corrected chi connectivity index (χ1v) is 11.2. The number of pyridine rings is 1. The Kier molecular flexibility index (Phi) is 5.57. The minimum atomic E-state index is -0.688. The van der Waals surface area contributed by atoms with Crippen LogP contribution < -0.4 is 10.6 Å². The number of nitrogens with zero attached hydrogens (tertiary/aromatic N) is 4. The molecule has 4 heterocycles. The van der Waals surface area contributed by atoms with Gasteiger partial charge < -0.3 is 15.0 Å². The van der Waals surface area contributed by atoms with Gasteiger partial charge in [0.1, 0.15) is 11.9 Å². The van der Waals surface area contributed by atoms with Crippen LogP contribution in [0.1, 0.15) is 25.7 Å². The van der Waals surface area contributed by atoms with Gasteiger partial charge in [-0.25, -0.2) is 9.97 Å². The number of benzene rings is 1. The Balaban J connectivity index is 1.51. The first-order valence-electron chi connectivity index (χ1n) is 10.8. The van der Waals surface area contributed by atoms with E-state index < -0.39 is 11.9 Å². The molecule has 0 radical (unpaired) electrons. The van der Waals surface area contributed by atoms with Crippen LogP contribution in [0, 0.1) is 5.92 Å². The SMILES string of the molecule is NC(=O)[C@H]1CCC(=O)N1c1cc(-c2ccc3ncn(CC4CCOCC4)c3c2)c(Cl)cn1. The first-order chi connectivity index (χ1) is 15.5. The summed E-state index contributed by atoms with van der Waals surface area (Å²) < 4.78 is 7.66. The molecule has 2 amide bonds. The van der Waals surface area contributed by atoms with Gasteiger partial charge in [-0.3, -0.25) is 14.5 Å².